The van der Waals surface area contributed by atoms with E-state index >= 15 is 0 Å². The Labute approximate surface area is 137 Å². The molecule has 0 aliphatic rings. The number of carbonyl (C=O) groups is 4. The predicted molar refractivity (Wildman–Crippen MR) is 79.3 cm³/mol. The van der Waals surface area contributed by atoms with Crippen molar-refractivity contribution in [2.45, 2.75) is 26.7 Å². The largest absolute Gasteiger partial charge is 0.481 e. The lowest BCUT2D eigenvalue weighted by Crippen LogP contribution is -2.22. The van der Waals surface area contributed by atoms with Crippen molar-refractivity contribution in [2.75, 3.05) is 6.54 Å². The number of carboxylic acid groups (broad SMARTS) is 1. The van der Waals surface area contributed by atoms with Gasteiger partial charge in [-0.2, -0.15) is 5.48 Å². The third-order valence-corrected chi connectivity index (χ3v) is 2.53. The number of esters is 2. The molecule has 2 N–H and O–H groups in total. The molecule has 1 rings (SSSR count). The van der Waals surface area contributed by atoms with Gasteiger partial charge in [0.1, 0.15) is 5.56 Å². The number of hydroxylamine groups is 1. The monoisotopic (exact) mass is 339 g/mol. The van der Waals surface area contributed by atoms with Crippen LogP contribution >= 0.6 is 0 Å². The fourth-order valence-corrected chi connectivity index (χ4v) is 1.64. The van der Waals surface area contributed by atoms with Crippen LogP contribution in [0.1, 0.15) is 37.0 Å². The van der Waals surface area contributed by atoms with E-state index in [0.717, 1.165) is 13.8 Å². The van der Waals surface area contributed by atoms with Crippen molar-refractivity contribution in [3.8, 4) is 11.5 Å². The molecule has 9 nitrogen and oxygen atoms in total. The Balaban J connectivity index is 2.84. The average Bonchev–Trinajstić information content (AvgIpc) is 2.47. The molecule has 0 radical (unpaired) electrons. The summed E-state index contributed by atoms with van der Waals surface area (Å²) in [4.78, 5) is 49.5. The van der Waals surface area contributed by atoms with Crippen LogP contribution in [0, 0.1) is 0 Å². The van der Waals surface area contributed by atoms with Gasteiger partial charge in [-0.15, -0.1) is 0 Å². The molecule has 0 aromatic heterocycles. The Morgan fingerprint density at radius 1 is 1.08 bits per heavy atom. The van der Waals surface area contributed by atoms with E-state index < -0.39 is 23.9 Å². The molecule has 0 fully saturated rings. The molecule has 1 aromatic carbocycles. The van der Waals surface area contributed by atoms with E-state index in [9.17, 15) is 19.2 Å². The molecule has 9 heteroatoms. The summed E-state index contributed by atoms with van der Waals surface area (Å²) in [6.07, 6.45) is 0.179. The summed E-state index contributed by atoms with van der Waals surface area (Å²) in [5.74, 6) is -3.54. The third kappa shape index (κ3) is 6.44. The van der Waals surface area contributed by atoms with Crippen LogP contribution in [0.2, 0.25) is 0 Å². The molecule has 130 valence electrons. The zero-order chi connectivity index (χ0) is 18.1. The quantitative estimate of drug-likeness (QED) is 0.309. The highest BCUT2D eigenvalue weighted by molar-refractivity contribution is 5.94. The molecule has 0 aliphatic heterocycles. The van der Waals surface area contributed by atoms with Crippen molar-refractivity contribution >= 4 is 23.9 Å². The lowest BCUT2D eigenvalue weighted by Gasteiger charge is -2.12. The highest BCUT2D eigenvalue weighted by Gasteiger charge is 2.21. The minimum atomic E-state index is -0.964. The van der Waals surface area contributed by atoms with Gasteiger partial charge < -0.3 is 19.4 Å². The number of nitrogens with one attached hydrogen (secondary N) is 1. The number of aliphatic carboxylic acids is 1. The summed E-state index contributed by atoms with van der Waals surface area (Å²) in [5, 5.41) is 8.50. The number of rotatable bonds is 8. The van der Waals surface area contributed by atoms with Gasteiger partial charge in [-0.05, 0) is 18.6 Å². The van der Waals surface area contributed by atoms with Gasteiger partial charge in [-0.3, -0.25) is 14.4 Å². The molecule has 0 aliphatic carbocycles. The first-order valence-corrected chi connectivity index (χ1v) is 6.97. The van der Waals surface area contributed by atoms with Gasteiger partial charge in [0.2, 0.25) is 0 Å². The first-order valence-electron chi connectivity index (χ1n) is 6.97. The first kappa shape index (κ1) is 19.1. The topological polar surface area (TPSA) is 128 Å². The van der Waals surface area contributed by atoms with Crippen molar-refractivity contribution in [3.63, 3.8) is 0 Å². The van der Waals surface area contributed by atoms with Gasteiger partial charge >= 0.3 is 23.9 Å². The maximum Gasteiger partial charge on any atom is 0.360 e. The summed E-state index contributed by atoms with van der Waals surface area (Å²) in [7, 11) is 0. The van der Waals surface area contributed by atoms with Crippen LogP contribution in [0.4, 0.5) is 0 Å². The average molecular weight is 339 g/mol. The summed E-state index contributed by atoms with van der Waals surface area (Å²) in [6.45, 7) is 2.42. The van der Waals surface area contributed by atoms with Crippen molar-refractivity contribution in [3.05, 3.63) is 23.8 Å². The lowest BCUT2D eigenvalue weighted by atomic mass is 10.2. The van der Waals surface area contributed by atoms with Crippen molar-refractivity contribution in [1.29, 1.82) is 0 Å². The van der Waals surface area contributed by atoms with Gasteiger partial charge in [-0.1, -0.05) is 6.07 Å². The van der Waals surface area contributed by atoms with Gasteiger partial charge in [0.15, 0.2) is 11.5 Å². The van der Waals surface area contributed by atoms with Crippen LogP contribution < -0.4 is 15.0 Å². The van der Waals surface area contributed by atoms with Gasteiger partial charge in [0.05, 0.1) is 0 Å². The number of hydrogen-bond donors (Lipinski definition) is 2. The van der Waals surface area contributed by atoms with Crippen molar-refractivity contribution in [2.24, 2.45) is 0 Å². The maximum absolute atomic E-state index is 12.0. The van der Waals surface area contributed by atoms with E-state index in [-0.39, 0.29) is 36.4 Å². The smallest absolute Gasteiger partial charge is 0.360 e. The first-order chi connectivity index (χ1) is 11.3. The molecule has 0 saturated carbocycles. The number of carboxylic acids is 1. The normalized spacial score (nSPS) is 9.92. The zero-order valence-electron chi connectivity index (χ0n) is 13.2. The van der Waals surface area contributed by atoms with E-state index in [1.54, 1.807) is 0 Å². The Morgan fingerprint density at radius 2 is 1.75 bits per heavy atom. The number of hydrogen-bond acceptors (Lipinski definition) is 8. The van der Waals surface area contributed by atoms with Gasteiger partial charge in [0, 0.05) is 26.8 Å². The van der Waals surface area contributed by atoms with Crippen LogP contribution in [0.25, 0.3) is 0 Å². The second-order valence-corrected chi connectivity index (χ2v) is 4.60. The van der Waals surface area contributed by atoms with E-state index in [1.165, 1.54) is 18.2 Å². The standard InChI is InChI=1S/C15H17NO8/c1-9(17)22-12-6-3-5-11(14(12)23-10(2)18)15(21)24-16-8-4-7-13(19)20/h3,5-6,16H,4,7-8H2,1-2H3,(H,19,20). The highest BCUT2D eigenvalue weighted by Crippen LogP contribution is 2.32. The summed E-state index contributed by atoms with van der Waals surface area (Å²) in [6, 6.07) is 4.11. The van der Waals surface area contributed by atoms with Gasteiger partial charge in [0.25, 0.3) is 0 Å². The molecule has 0 atom stereocenters. The van der Waals surface area contributed by atoms with E-state index in [1.807, 2.05) is 0 Å². The summed E-state index contributed by atoms with van der Waals surface area (Å²) in [5.41, 5.74) is 2.19. The Hall–Kier alpha value is -2.94. The Bertz CT molecular complexity index is 640. The molecular formula is C15H17NO8. The summed E-state index contributed by atoms with van der Waals surface area (Å²) < 4.78 is 9.83. The van der Waals surface area contributed by atoms with Crippen molar-refractivity contribution in [1.82, 2.24) is 5.48 Å². The Morgan fingerprint density at radius 3 is 2.33 bits per heavy atom. The lowest BCUT2D eigenvalue weighted by molar-refractivity contribution is -0.137. The SMILES string of the molecule is CC(=O)Oc1cccc(C(=O)ONCCCC(=O)O)c1OC(C)=O. The van der Waals surface area contributed by atoms with Crippen LogP contribution in [-0.4, -0.2) is 35.5 Å². The number of para-hydroxylation sites is 1. The molecule has 1 aromatic rings. The fraction of sp³-hybridized carbons (Fsp3) is 0.333. The molecular weight excluding hydrogens is 322 g/mol. The second kappa shape index (κ2) is 9.26. The van der Waals surface area contributed by atoms with Crippen LogP contribution in [0.15, 0.2) is 18.2 Å². The van der Waals surface area contributed by atoms with Crippen molar-refractivity contribution < 1.29 is 38.6 Å². The minimum absolute atomic E-state index is 0.0782. The number of carbonyl (C=O) groups excluding carboxylic acids is 3. The van der Waals surface area contributed by atoms with E-state index in [4.69, 9.17) is 19.4 Å². The molecule has 0 unspecified atom stereocenters. The van der Waals surface area contributed by atoms with Crippen LogP contribution in [0.5, 0.6) is 11.5 Å². The molecule has 24 heavy (non-hydrogen) atoms. The predicted octanol–water partition coefficient (Wildman–Crippen LogP) is 1.06. The third-order valence-electron chi connectivity index (χ3n) is 2.53. The highest BCUT2D eigenvalue weighted by atomic mass is 16.7. The van der Waals surface area contributed by atoms with Crippen LogP contribution in [0.3, 0.4) is 0 Å². The Kier molecular flexibility index (Phi) is 7.37. The molecule has 0 bridgehead atoms. The zero-order valence-corrected chi connectivity index (χ0v) is 13.2. The molecule has 0 spiro atoms. The van der Waals surface area contributed by atoms with Gasteiger partial charge in [-0.25, -0.2) is 4.79 Å². The minimum Gasteiger partial charge on any atom is -0.481 e. The number of ether oxygens (including phenoxy) is 2. The maximum atomic E-state index is 12.0. The molecule has 0 amide bonds. The molecule has 0 saturated heterocycles. The van der Waals surface area contributed by atoms with E-state index in [0.29, 0.717) is 0 Å². The fourth-order valence-electron chi connectivity index (χ4n) is 1.64. The van der Waals surface area contributed by atoms with Crippen LogP contribution in [-0.2, 0) is 19.2 Å². The number of benzene rings is 1. The molecule has 0 heterocycles. The second-order valence-electron chi connectivity index (χ2n) is 4.60. The van der Waals surface area contributed by atoms with E-state index in [2.05, 4.69) is 5.48 Å². The summed E-state index contributed by atoms with van der Waals surface area (Å²) >= 11 is 0.